The summed E-state index contributed by atoms with van der Waals surface area (Å²) in [5.41, 5.74) is -1.63. The van der Waals surface area contributed by atoms with Gasteiger partial charge in [0, 0.05) is 12.4 Å². The van der Waals surface area contributed by atoms with Crippen LogP contribution in [0.1, 0.15) is 17.8 Å². The number of aromatic nitrogens is 1. The van der Waals surface area contributed by atoms with Crippen LogP contribution in [0.2, 0.25) is 0 Å². The predicted molar refractivity (Wildman–Crippen MR) is 55.9 cm³/mol. The van der Waals surface area contributed by atoms with Gasteiger partial charge in [-0.1, -0.05) is 0 Å². The molecule has 1 N–H and O–H groups in total. The Labute approximate surface area is 95.3 Å². The Hall–Kier alpha value is -0.490. The minimum absolute atomic E-state index is 0. The van der Waals surface area contributed by atoms with Crippen molar-refractivity contribution in [2.45, 2.75) is 24.4 Å². The Bertz CT molecular complexity index is 346. The van der Waals surface area contributed by atoms with Crippen molar-refractivity contribution in [3.8, 4) is 0 Å². The number of hydrogen-bond acceptors (Lipinski definition) is 3. The molecule has 1 saturated carbocycles. The molecule has 2 rings (SSSR count). The fraction of sp³-hybridized carbons (Fsp3) is 0.625. The zero-order valence-corrected chi connectivity index (χ0v) is 9.52. The quantitative estimate of drug-likeness (QED) is 0.881. The number of rotatable bonds is 2. The molecule has 2 nitrogen and oxygen atoms in total. The first-order valence-corrected chi connectivity index (χ1v) is 5.08. The van der Waals surface area contributed by atoms with Crippen LogP contribution in [0.4, 0.5) is 19.0 Å². The maximum atomic E-state index is 12.6. The maximum Gasteiger partial charge on any atom is 0.400 e. The molecule has 0 saturated heterocycles. The van der Waals surface area contributed by atoms with Gasteiger partial charge >= 0.3 is 6.18 Å². The number of thiazole rings is 1. The van der Waals surface area contributed by atoms with Crippen molar-refractivity contribution in [1.29, 1.82) is 0 Å². The summed E-state index contributed by atoms with van der Waals surface area (Å²) in [6.45, 7) is 0. The van der Waals surface area contributed by atoms with E-state index in [1.165, 1.54) is 0 Å². The third-order valence-electron chi connectivity index (χ3n) is 2.46. The molecule has 1 heterocycles. The number of alkyl halides is 3. The van der Waals surface area contributed by atoms with Crippen molar-refractivity contribution in [2.24, 2.45) is 0 Å². The first-order valence-electron chi connectivity index (χ1n) is 4.20. The molecule has 86 valence electrons. The maximum absolute atomic E-state index is 12.6. The average molecular weight is 259 g/mol. The van der Waals surface area contributed by atoms with E-state index in [-0.39, 0.29) is 30.3 Å². The number of halogens is 4. The van der Waals surface area contributed by atoms with Crippen molar-refractivity contribution in [3.05, 3.63) is 10.4 Å². The van der Waals surface area contributed by atoms with E-state index in [0.717, 1.165) is 11.3 Å². The first-order chi connectivity index (χ1) is 6.49. The molecule has 0 radical (unpaired) electrons. The van der Waals surface area contributed by atoms with Gasteiger partial charge < -0.3 is 5.32 Å². The number of hydrogen-bond donors (Lipinski definition) is 1. The summed E-state index contributed by atoms with van der Waals surface area (Å²) < 4.78 is 37.9. The first kappa shape index (κ1) is 12.6. The van der Waals surface area contributed by atoms with Gasteiger partial charge in [-0.3, -0.25) is 0 Å². The van der Waals surface area contributed by atoms with Crippen LogP contribution in [-0.2, 0) is 5.41 Å². The lowest BCUT2D eigenvalue weighted by Crippen LogP contribution is -2.28. The van der Waals surface area contributed by atoms with Crippen molar-refractivity contribution < 1.29 is 13.2 Å². The van der Waals surface area contributed by atoms with E-state index in [0.29, 0.717) is 5.82 Å². The van der Waals surface area contributed by atoms with Crippen LogP contribution in [-0.4, -0.2) is 18.2 Å². The van der Waals surface area contributed by atoms with Crippen LogP contribution in [0.5, 0.6) is 0 Å². The van der Waals surface area contributed by atoms with E-state index in [9.17, 15) is 13.2 Å². The average Bonchev–Trinajstić information content (AvgIpc) is 2.79. The number of nitrogens with zero attached hydrogens (tertiary/aromatic N) is 1. The van der Waals surface area contributed by atoms with Crippen molar-refractivity contribution in [3.63, 3.8) is 0 Å². The molecule has 7 heteroatoms. The molecule has 0 unspecified atom stereocenters. The van der Waals surface area contributed by atoms with Gasteiger partial charge in [0.15, 0.2) is 0 Å². The smallest absolute Gasteiger partial charge is 0.372 e. The second-order valence-electron chi connectivity index (χ2n) is 3.37. The highest BCUT2D eigenvalue weighted by molar-refractivity contribution is 7.10. The van der Waals surface area contributed by atoms with Gasteiger partial charge in [0.25, 0.3) is 0 Å². The highest BCUT2D eigenvalue weighted by atomic mass is 35.5. The summed E-state index contributed by atoms with van der Waals surface area (Å²) in [6, 6.07) is 0. The fourth-order valence-electron chi connectivity index (χ4n) is 1.35. The van der Waals surface area contributed by atoms with E-state index in [1.54, 1.807) is 12.4 Å². The highest BCUT2D eigenvalue weighted by Crippen LogP contribution is 2.59. The van der Waals surface area contributed by atoms with E-state index in [2.05, 4.69) is 10.3 Å². The molecule has 1 aromatic rings. The minimum Gasteiger partial charge on any atom is -0.372 e. The standard InChI is InChI=1S/C8H9F3N2S.ClH/c1-12-5-4-14-6(13-5)7(2-3-7)8(9,10)11;/h4,12H,2-3H2,1H3;1H. The lowest BCUT2D eigenvalue weighted by molar-refractivity contribution is -0.160. The van der Waals surface area contributed by atoms with E-state index < -0.39 is 11.6 Å². The second-order valence-corrected chi connectivity index (χ2v) is 4.23. The van der Waals surface area contributed by atoms with E-state index in [1.807, 2.05) is 0 Å². The van der Waals surface area contributed by atoms with Crippen molar-refractivity contribution >= 4 is 29.6 Å². The van der Waals surface area contributed by atoms with Crippen LogP contribution in [0.3, 0.4) is 0 Å². The third kappa shape index (κ3) is 1.92. The highest BCUT2D eigenvalue weighted by Gasteiger charge is 2.66. The van der Waals surface area contributed by atoms with Crippen LogP contribution in [0.25, 0.3) is 0 Å². The minimum atomic E-state index is -4.16. The largest absolute Gasteiger partial charge is 0.400 e. The fourth-order valence-corrected chi connectivity index (χ4v) is 2.44. The van der Waals surface area contributed by atoms with Crippen LogP contribution >= 0.6 is 23.7 Å². The lowest BCUT2D eigenvalue weighted by atomic mass is 10.1. The summed E-state index contributed by atoms with van der Waals surface area (Å²) in [4.78, 5) is 3.92. The van der Waals surface area contributed by atoms with Crippen LogP contribution < -0.4 is 5.32 Å². The summed E-state index contributed by atoms with van der Waals surface area (Å²) in [5.74, 6) is 0.514. The summed E-state index contributed by atoms with van der Waals surface area (Å²) in [6.07, 6.45) is -3.81. The molecular weight excluding hydrogens is 249 g/mol. The molecule has 0 aromatic carbocycles. The molecule has 0 amide bonds. The molecule has 1 aliphatic carbocycles. The van der Waals surface area contributed by atoms with E-state index >= 15 is 0 Å². The Morgan fingerprint density at radius 1 is 1.47 bits per heavy atom. The molecule has 0 spiro atoms. The summed E-state index contributed by atoms with van der Waals surface area (Å²) in [7, 11) is 1.64. The predicted octanol–water partition coefficient (Wildman–Crippen LogP) is 3.20. The van der Waals surface area contributed by atoms with Crippen molar-refractivity contribution in [2.75, 3.05) is 12.4 Å². The molecule has 0 atom stereocenters. The molecule has 0 bridgehead atoms. The SMILES string of the molecule is CNc1csc(C2(C(F)(F)F)CC2)n1.Cl. The monoisotopic (exact) mass is 258 g/mol. The van der Waals surface area contributed by atoms with Gasteiger partial charge in [0.2, 0.25) is 0 Å². The zero-order valence-electron chi connectivity index (χ0n) is 7.89. The van der Waals surface area contributed by atoms with E-state index in [4.69, 9.17) is 0 Å². The molecule has 0 aliphatic heterocycles. The molecule has 1 aliphatic rings. The zero-order chi connectivity index (χ0) is 10.4. The van der Waals surface area contributed by atoms with Crippen LogP contribution in [0.15, 0.2) is 5.38 Å². The third-order valence-corrected chi connectivity index (χ3v) is 3.51. The lowest BCUT2D eigenvalue weighted by Gasteiger charge is -2.15. The Morgan fingerprint density at radius 3 is 2.40 bits per heavy atom. The van der Waals surface area contributed by atoms with Gasteiger partial charge in [-0.25, -0.2) is 4.98 Å². The normalized spacial score (nSPS) is 18.1. The topological polar surface area (TPSA) is 24.9 Å². The number of anilines is 1. The molecular formula is C8H10ClF3N2S. The molecule has 15 heavy (non-hydrogen) atoms. The Morgan fingerprint density at radius 2 is 2.07 bits per heavy atom. The van der Waals surface area contributed by atoms with Gasteiger partial charge in [0.1, 0.15) is 16.2 Å². The summed E-state index contributed by atoms with van der Waals surface area (Å²) in [5, 5.41) is 4.53. The van der Waals surface area contributed by atoms with Crippen molar-refractivity contribution in [1.82, 2.24) is 4.98 Å². The van der Waals surface area contributed by atoms with Gasteiger partial charge in [-0.05, 0) is 12.8 Å². The van der Waals surface area contributed by atoms with Gasteiger partial charge in [-0.15, -0.1) is 23.7 Å². The summed E-state index contributed by atoms with van der Waals surface area (Å²) >= 11 is 1.08. The molecule has 1 fully saturated rings. The van der Waals surface area contributed by atoms with Gasteiger partial charge in [-0.2, -0.15) is 13.2 Å². The second kappa shape index (κ2) is 3.83. The Kier molecular flexibility index (Phi) is 3.21. The van der Waals surface area contributed by atoms with Gasteiger partial charge in [0.05, 0.1) is 0 Å². The molecule has 1 aromatic heterocycles. The Balaban J connectivity index is 0.00000112. The van der Waals surface area contributed by atoms with Crippen LogP contribution in [0, 0.1) is 0 Å². The number of nitrogens with one attached hydrogen (secondary N) is 1.